The topological polar surface area (TPSA) is 207 Å². The summed E-state index contributed by atoms with van der Waals surface area (Å²) in [6.07, 6.45) is 4.41. The van der Waals surface area contributed by atoms with Gasteiger partial charge in [-0.1, -0.05) is 156 Å². The largest absolute Gasteiger partial charge is 2.00 e. The zero-order chi connectivity index (χ0) is 67.1. The van der Waals surface area contributed by atoms with Crippen LogP contribution in [0.3, 0.4) is 0 Å². The van der Waals surface area contributed by atoms with Crippen LogP contribution in [0.25, 0.3) is 90.9 Å². The maximum Gasteiger partial charge on any atom is 2.00 e. The summed E-state index contributed by atoms with van der Waals surface area (Å²) in [7, 11) is 5.89. The van der Waals surface area contributed by atoms with Gasteiger partial charge in [-0.2, -0.15) is 0 Å². The van der Waals surface area contributed by atoms with Crippen molar-refractivity contribution in [3.8, 4) is 44.5 Å². The van der Waals surface area contributed by atoms with E-state index in [-0.39, 0.29) is 38.4 Å². The quantitative estimate of drug-likeness (QED) is 0.0713. The molecule has 0 spiro atoms. The van der Waals surface area contributed by atoms with E-state index in [0.29, 0.717) is 101 Å². The van der Waals surface area contributed by atoms with Crippen LogP contribution in [0.4, 0.5) is 22.7 Å². The molecule has 17 heteroatoms. The first-order valence-corrected chi connectivity index (χ1v) is 31.2. The Bertz CT molecular complexity index is 3860. The van der Waals surface area contributed by atoms with E-state index < -0.39 is 48.0 Å². The summed E-state index contributed by atoms with van der Waals surface area (Å²) in [4.78, 5) is 79.2. The minimum atomic E-state index is -0.847. The molecule has 0 fully saturated rings. The van der Waals surface area contributed by atoms with Gasteiger partial charge in [-0.3, -0.25) is 19.2 Å². The Kier molecular flexibility index (Phi) is 21.0. The van der Waals surface area contributed by atoms with Gasteiger partial charge in [0.25, 0.3) is 23.6 Å². The molecule has 5 heterocycles. The fourth-order valence-electron chi connectivity index (χ4n) is 10.9. The van der Waals surface area contributed by atoms with Gasteiger partial charge in [0, 0.05) is 39.6 Å². The Labute approximate surface area is 557 Å². The van der Waals surface area contributed by atoms with Crippen LogP contribution in [0.2, 0.25) is 0 Å². The van der Waals surface area contributed by atoms with Gasteiger partial charge in [0.2, 0.25) is 0 Å². The predicted molar refractivity (Wildman–Crippen MR) is 374 cm³/mol. The molecule has 489 valence electrons. The standard InChI is InChI=1S/C76H90N8O8.Co/c1-41(89-17)69(85)81-51-23-21-24-52(82-70(86)42(2)90-18)65(51)67-59-31-27-55(77-59)63(45-35-47(73(5,6)7)39-48(36-45)74(8,9)10)57-29-33-61(79-57)68(66-53(83-71(87)43(3)91-19)25-22-26-54(66)84-72(88)44(4)92-20)62-34-30-58(80-62)64(56-28-32-60(67)78-56)46-37-49(75(11,12)13)40-50(38-46)76(14,15)16;/h21-44H,1-20H3,(H6,77,78,79,80,81,82,83,84,85,86,87,88);/q;+2/p-2/t41-,42-,43-,44-;/m1./s1. The molecule has 16 nitrogen and oxygen atoms in total. The van der Waals surface area contributed by atoms with Crippen LogP contribution < -0.4 is 31.2 Å². The number of methoxy groups -OCH3 is 4. The first-order chi connectivity index (χ1) is 43.2. The molecule has 0 aliphatic carbocycles. The van der Waals surface area contributed by atoms with Crippen LogP contribution in [0.5, 0.6) is 0 Å². The zero-order valence-electron chi connectivity index (χ0n) is 57.2. The molecule has 4 N–H and O–H groups in total. The van der Waals surface area contributed by atoms with Crippen molar-refractivity contribution in [3.05, 3.63) is 142 Å². The van der Waals surface area contributed by atoms with Crippen LogP contribution in [-0.4, -0.2) is 86.5 Å². The number of carbonyl (C=O) groups excluding carboxylic acids is 4. The van der Waals surface area contributed by atoms with E-state index in [1.54, 1.807) is 64.1 Å². The second-order valence-electron chi connectivity index (χ2n) is 27.9. The van der Waals surface area contributed by atoms with Gasteiger partial charge in [-0.05, 0) is 154 Å². The second kappa shape index (κ2) is 27.7. The summed E-state index contributed by atoms with van der Waals surface area (Å²) in [6.45, 7) is 33.0. The Morgan fingerprint density at radius 2 is 0.581 bits per heavy atom. The number of hydrogen-bond donors (Lipinski definition) is 4. The SMILES string of the molecule is CO[C@H](C)C(=O)Nc1cccc(NC(=O)[C@@H](C)OC)c1-c1c2nc(c(-c3cc(C(C)(C)C)cc(C(C)(C)C)c3)c3ccc([n-]3)c(-c3c(NC(=O)[C@@H](C)OC)cccc3NC(=O)[C@@H](C)OC)c3nc(c(-c4cc(C(C)(C)C)cc(C(C)(C)C)c4)c4ccc1[n-]4)C=C3)C=C2.[Co+2]. The van der Waals surface area contributed by atoms with E-state index in [1.807, 2.05) is 48.6 Å². The number of benzene rings is 4. The fourth-order valence-corrected chi connectivity index (χ4v) is 10.9. The van der Waals surface area contributed by atoms with Crippen LogP contribution in [-0.2, 0) is 76.6 Å². The molecule has 1 radical (unpaired) electrons. The van der Waals surface area contributed by atoms with Crippen molar-refractivity contribution >= 4 is 92.7 Å². The van der Waals surface area contributed by atoms with E-state index in [2.05, 4.69) is 141 Å². The van der Waals surface area contributed by atoms with Crippen LogP contribution >= 0.6 is 0 Å². The molecular formula is C76H88CoN8O8. The summed E-state index contributed by atoms with van der Waals surface area (Å²) >= 11 is 0. The van der Waals surface area contributed by atoms with Crippen molar-refractivity contribution in [1.82, 2.24) is 19.9 Å². The third-order valence-corrected chi connectivity index (χ3v) is 17.1. The number of rotatable bonds is 16. The normalized spacial score (nSPS) is 13.8. The maximum atomic E-state index is 14.1. The second-order valence-corrected chi connectivity index (χ2v) is 27.9. The van der Waals surface area contributed by atoms with Gasteiger partial charge in [0.15, 0.2) is 0 Å². The molecule has 0 unspecified atom stereocenters. The average molecular weight is 1300 g/mol. The predicted octanol–water partition coefficient (Wildman–Crippen LogP) is 15.7. The minimum absolute atomic E-state index is 0. The number of hydrogen-bond acceptors (Lipinski definition) is 10. The molecule has 4 amide bonds. The maximum absolute atomic E-state index is 14.1. The summed E-state index contributed by atoms with van der Waals surface area (Å²) in [5, 5.41) is 12.5. The monoisotopic (exact) mass is 1300 g/mol. The molecule has 9 rings (SSSR count). The van der Waals surface area contributed by atoms with Crippen LogP contribution in [0.1, 0.15) is 156 Å². The Morgan fingerprint density at radius 1 is 0.355 bits per heavy atom. The molecule has 4 atom stereocenters. The number of aromatic nitrogens is 4. The molecule has 2 aliphatic rings. The molecule has 7 aromatic rings. The van der Waals surface area contributed by atoms with Gasteiger partial charge in [0.05, 0.1) is 45.5 Å². The van der Waals surface area contributed by atoms with Crippen molar-refractivity contribution in [2.24, 2.45) is 0 Å². The van der Waals surface area contributed by atoms with Crippen molar-refractivity contribution in [2.75, 3.05) is 49.7 Å². The summed E-state index contributed by atoms with van der Waals surface area (Å²) < 4.78 is 22.2. The van der Waals surface area contributed by atoms with E-state index >= 15 is 0 Å². The van der Waals surface area contributed by atoms with E-state index in [1.165, 1.54) is 28.4 Å². The fraction of sp³-hybridized carbons (Fsp3) is 0.368. The van der Waals surface area contributed by atoms with Gasteiger partial charge >= 0.3 is 16.8 Å². The summed E-state index contributed by atoms with van der Waals surface area (Å²) in [5.74, 6) is -1.68. The molecule has 8 bridgehead atoms. The number of anilines is 4. The molecule has 0 saturated carbocycles. The molecule has 93 heavy (non-hydrogen) atoms. The average Bonchev–Trinajstić information content (AvgIpc) is 1.66. The number of nitrogens with zero attached hydrogens (tertiary/aromatic N) is 4. The molecular weight excluding hydrogens is 1210 g/mol. The number of ether oxygens (including phenoxy) is 4. The molecule has 4 aromatic carbocycles. The molecule has 3 aromatic heterocycles. The third kappa shape index (κ3) is 15.2. The van der Waals surface area contributed by atoms with Crippen molar-refractivity contribution in [2.45, 2.75) is 157 Å². The number of nitrogens with one attached hydrogen (secondary N) is 4. The van der Waals surface area contributed by atoms with Crippen LogP contribution in [0.15, 0.2) is 97.1 Å². The molecule has 0 saturated heterocycles. The smallest absolute Gasteiger partial charge is 0.657 e. The van der Waals surface area contributed by atoms with Crippen LogP contribution in [0, 0.1) is 0 Å². The van der Waals surface area contributed by atoms with Gasteiger partial charge in [-0.15, -0.1) is 22.1 Å². The number of amides is 4. The first kappa shape index (κ1) is 70.6. The van der Waals surface area contributed by atoms with Gasteiger partial charge in [0.1, 0.15) is 24.4 Å². The summed E-state index contributed by atoms with van der Waals surface area (Å²) in [5.41, 5.74) is 13.7. The number of carbonyl (C=O) groups is 4. The Balaban J connectivity index is 0.0000111. The van der Waals surface area contributed by atoms with Crippen molar-refractivity contribution in [1.29, 1.82) is 0 Å². The number of fused-ring (bicyclic) bond motifs is 8. The Morgan fingerprint density at radius 3 is 0.806 bits per heavy atom. The van der Waals surface area contributed by atoms with E-state index in [4.69, 9.17) is 38.9 Å². The Hall–Kier alpha value is -8.29. The minimum Gasteiger partial charge on any atom is -0.657 e. The van der Waals surface area contributed by atoms with E-state index in [9.17, 15) is 19.2 Å². The van der Waals surface area contributed by atoms with Gasteiger partial charge < -0.3 is 50.2 Å². The summed E-state index contributed by atoms with van der Waals surface area (Å²) in [6, 6.07) is 31.8. The zero-order valence-corrected chi connectivity index (χ0v) is 58.3. The van der Waals surface area contributed by atoms with Crippen molar-refractivity contribution in [3.63, 3.8) is 0 Å². The van der Waals surface area contributed by atoms with E-state index in [0.717, 1.165) is 33.4 Å². The first-order valence-electron chi connectivity index (χ1n) is 31.2. The molecule has 2 aliphatic heterocycles. The van der Waals surface area contributed by atoms with Crippen molar-refractivity contribution < 1.29 is 54.9 Å². The van der Waals surface area contributed by atoms with Gasteiger partial charge in [-0.25, -0.2) is 9.97 Å². The third-order valence-electron chi connectivity index (χ3n) is 17.1.